The van der Waals surface area contributed by atoms with Crippen LogP contribution in [0.15, 0.2) is 36.5 Å². The fourth-order valence-electron chi connectivity index (χ4n) is 1.81. The summed E-state index contributed by atoms with van der Waals surface area (Å²) in [5.41, 5.74) is 6.27. The van der Waals surface area contributed by atoms with Crippen molar-refractivity contribution in [2.45, 2.75) is 19.1 Å². The molecule has 0 saturated heterocycles. The summed E-state index contributed by atoms with van der Waals surface area (Å²) in [6, 6.07) is 5.41. The number of rotatable bonds is 2. The maximum atomic E-state index is 13.5. The van der Waals surface area contributed by atoms with Gasteiger partial charge in [0, 0.05) is 11.9 Å². The van der Waals surface area contributed by atoms with Gasteiger partial charge in [0.05, 0.1) is 11.6 Å². The van der Waals surface area contributed by atoms with Gasteiger partial charge in [0.25, 0.3) is 0 Å². The Morgan fingerprint density at radius 2 is 1.75 bits per heavy atom. The van der Waals surface area contributed by atoms with Crippen LogP contribution < -0.4 is 5.73 Å². The van der Waals surface area contributed by atoms with Crippen molar-refractivity contribution in [3.63, 3.8) is 0 Å². The lowest BCUT2D eigenvalue weighted by Crippen LogP contribution is -2.14. The maximum absolute atomic E-state index is 13.5. The summed E-state index contributed by atoms with van der Waals surface area (Å²) < 4.78 is 50.9. The molecule has 1 heterocycles. The normalized spacial score (nSPS) is 13.3. The highest BCUT2D eigenvalue weighted by Crippen LogP contribution is 2.32. The third kappa shape index (κ3) is 2.96. The summed E-state index contributed by atoms with van der Waals surface area (Å²) >= 11 is 0. The summed E-state index contributed by atoms with van der Waals surface area (Å²) in [6.07, 6.45) is -3.19. The second-order valence-electron chi connectivity index (χ2n) is 4.45. The lowest BCUT2D eigenvalue weighted by molar-refractivity contribution is -0.140. The average molecular weight is 284 g/mol. The van der Waals surface area contributed by atoms with Gasteiger partial charge in [-0.1, -0.05) is 12.1 Å². The molecule has 2 N–H and O–H groups in total. The molecule has 0 aliphatic carbocycles. The van der Waals surface area contributed by atoms with Crippen molar-refractivity contribution in [2.75, 3.05) is 0 Å². The quantitative estimate of drug-likeness (QED) is 0.856. The number of hydrogen-bond donors (Lipinski definition) is 1. The monoisotopic (exact) mass is 284 g/mol. The first kappa shape index (κ1) is 14.5. The number of nitrogens with zero attached hydrogens (tertiary/aromatic N) is 1. The van der Waals surface area contributed by atoms with Crippen LogP contribution >= 0.6 is 0 Å². The number of alkyl halides is 3. The fraction of sp³-hybridized carbons (Fsp3) is 0.214. The molecule has 20 heavy (non-hydrogen) atoms. The van der Waals surface area contributed by atoms with Crippen LogP contribution in [0.25, 0.3) is 0 Å². The first-order valence-electron chi connectivity index (χ1n) is 5.84. The van der Waals surface area contributed by atoms with E-state index in [1.165, 1.54) is 12.3 Å². The second-order valence-corrected chi connectivity index (χ2v) is 4.45. The van der Waals surface area contributed by atoms with Gasteiger partial charge in [0.15, 0.2) is 0 Å². The van der Waals surface area contributed by atoms with Gasteiger partial charge in [0.2, 0.25) is 0 Å². The van der Waals surface area contributed by atoms with E-state index in [1.807, 2.05) is 0 Å². The number of hydrogen-bond acceptors (Lipinski definition) is 2. The lowest BCUT2D eigenvalue weighted by Gasteiger charge is -2.14. The molecule has 0 aliphatic heterocycles. The Bertz CT molecular complexity index is 606. The van der Waals surface area contributed by atoms with Gasteiger partial charge in [-0.25, -0.2) is 4.39 Å². The molecular weight excluding hydrogens is 272 g/mol. The zero-order valence-corrected chi connectivity index (χ0v) is 10.6. The minimum absolute atomic E-state index is 0.265. The summed E-state index contributed by atoms with van der Waals surface area (Å²) in [4.78, 5) is 4.05. The van der Waals surface area contributed by atoms with Crippen LogP contribution in [0.3, 0.4) is 0 Å². The molecule has 0 amide bonds. The lowest BCUT2D eigenvalue weighted by atomic mass is 9.99. The third-order valence-electron chi connectivity index (χ3n) is 2.95. The number of aryl methyl sites for hydroxylation is 1. The predicted octanol–water partition coefficient (Wildman–Crippen LogP) is 3.60. The van der Waals surface area contributed by atoms with E-state index < -0.39 is 23.6 Å². The molecule has 0 fully saturated rings. The molecule has 0 spiro atoms. The third-order valence-corrected chi connectivity index (χ3v) is 2.95. The summed E-state index contributed by atoms with van der Waals surface area (Å²) in [7, 11) is 0. The van der Waals surface area contributed by atoms with Gasteiger partial charge in [-0.2, -0.15) is 13.2 Å². The Hall–Kier alpha value is -1.95. The molecular formula is C14H12F4N2. The summed E-state index contributed by atoms with van der Waals surface area (Å²) in [5, 5.41) is 0. The van der Waals surface area contributed by atoms with Crippen molar-refractivity contribution in [2.24, 2.45) is 5.73 Å². The molecule has 0 radical (unpaired) electrons. The molecule has 1 atom stereocenters. The largest absolute Gasteiger partial charge is 0.419 e. The molecule has 1 aromatic carbocycles. The molecule has 106 valence electrons. The first-order valence-corrected chi connectivity index (χ1v) is 5.84. The molecule has 1 aromatic heterocycles. The molecule has 1 unspecified atom stereocenters. The molecule has 6 heteroatoms. The minimum Gasteiger partial charge on any atom is -0.320 e. The van der Waals surface area contributed by atoms with Gasteiger partial charge in [-0.05, 0) is 36.2 Å². The Morgan fingerprint density at radius 1 is 1.10 bits per heavy atom. The van der Waals surface area contributed by atoms with Crippen molar-refractivity contribution in [3.8, 4) is 0 Å². The van der Waals surface area contributed by atoms with E-state index in [9.17, 15) is 17.6 Å². The molecule has 2 rings (SSSR count). The zero-order chi connectivity index (χ0) is 14.9. The molecule has 0 aliphatic rings. The van der Waals surface area contributed by atoms with Crippen molar-refractivity contribution < 1.29 is 17.6 Å². The van der Waals surface area contributed by atoms with Gasteiger partial charge in [0.1, 0.15) is 5.82 Å². The van der Waals surface area contributed by atoms with E-state index in [-0.39, 0.29) is 5.56 Å². The summed E-state index contributed by atoms with van der Waals surface area (Å²) in [6.45, 7) is 1.80. The smallest absolute Gasteiger partial charge is 0.320 e. The molecule has 2 aromatic rings. The van der Waals surface area contributed by atoms with E-state index >= 15 is 0 Å². The van der Waals surface area contributed by atoms with Crippen LogP contribution in [-0.4, -0.2) is 4.98 Å². The minimum atomic E-state index is -4.71. The highest BCUT2D eigenvalue weighted by atomic mass is 19.4. The SMILES string of the molecule is Cc1ccc(C(N)c2ccc(C(F)(F)F)c(F)c2)cn1. The van der Waals surface area contributed by atoms with Gasteiger partial charge in [-0.15, -0.1) is 0 Å². The standard InChI is InChI=1S/C14H12F4N2/c1-8-2-3-10(7-20-8)13(19)9-4-5-11(12(15)6-9)14(16,17)18/h2-7,13H,19H2,1H3. The van der Waals surface area contributed by atoms with Crippen molar-refractivity contribution >= 4 is 0 Å². The Morgan fingerprint density at radius 3 is 2.25 bits per heavy atom. The van der Waals surface area contributed by atoms with Crippen molar-refractivity contribution in [3.05, 3.63) is 64.7 Å². The molecule has 0 bridgehead atoms. The van der Waals surface area contributed by atoms with Gasteiger partial charge < -0.3 is 5.73 Å². The van der Waals surface area contributed by atoms with Crippen LogP contribution in [0.4, 0.5) is 17.6 Å². The summed E-state index contributed by atoms with van der Waals surface area (Å²) in [5.74, 6) is -1.33. The van der Waals surface area contributed by atoms with E-state index in [2.05, 4.69) is 4.98 Å². The van der Waals surface area contributed by atoms with E-state index in [1.54, 1.807) is 19.1 Å². The van der Waals surface area contributed by atoms with Gasteiger partial charge in [-0.3, -0.25) is 4.98 Å². The second kappa shape index (κ2) is 5.20. The van der Waals surface area contributed by atoms with Crippen LogP contribution in [0.5, 0.6) is 0 Å². The number of aromatic nitrogens is 1. The average Bonchev–Trinajstić information content (AvgIpc) is 2.37. The first-order chi connectivity index (χ1) is 9.29. The van der Waals surface area contributed by atoms with Crippen molar-refractivity contribution in [1.82, 2.24) is 4.98 Å². The topological polar surface area (TPSA) is 38.9 Å². The Balaban J connectivity index is 2.34. The van der Waals surface area contributed by atoms with Crippen LogP contribution in [-0.2, 0) is 6.18 Å². The Labute approximate surface area is 113 Å². The molecule has 0 saturated carbocycles. The highest BCUT2D eigenvalue weighted by molar-refractivity contribution is 5.34. The maximum Gasteiger partial charge on any atom is 0.419 e. The highest BCUT2D eigenvalue weighted by Gasteiger charge is 2.34. The predicted molar refractivity (Wildman–Crippen MR) is 66.4 cm³/mol. The van der Waals surface area contributed by atoms with Crippen LogP contribution in [0.2, 0.25) is 0 Å². The number of nitrogens with two attached hydrogens (primary N) is 1. The number of benzene rings is 1. The Kier molecular flexibility index (Phi) is 3.76. The number of pyridine rings is 1. The zero-order valence-electron chi connectivity index (χ0n) is 10.6. The van der Waals surface area contributed by atoms with Crippen LogP contribution in [0.1, 0.15) is 28.4 Å². The van der Waals surface area contributed by atoms with Crippen LogP contribution in [0, 0.1) is 12.7 Å². The fourth-order valence-corrected chi connectivity index (χ4v) is 1.81. The van der Waals surface area contributed by atoms with Crippen molar-refractivity contribution in [1.29, 1.82) is 0 Å². The molecule has 2 nitrogen and oxygen atoms in total. The number of halogens is 4. The van der Waals surface area contributed by atoms with E-state index in [0.717, 1.165) is 11.8 Å². The van der Waals surface area contributed by atoms with Gasteiger partial charge >= 0.3 is 6.18 Å². The van der Waals surface area contributed by atoms with E-state index in [0.29, 0.717) is 11.6 Å². The van der Waals surface area contributed by atoms with E-state index in [4.69, 9.17) is 5.73 Å².